The summed E-state index contributed by atoms with van der Waals surface area (Å²) in [5.74, 6) is 0.726. The maximum absolute atomic E-state index is 11.3. The molecule has 266 valence electrons. The number of aromatic hydroxyl groups is 1. The second-order valence-corrected chi connectivity index (χ2v) is 15.8. The number of imidazole rings is 1. The molecule has 4 heteroatoms. The molecule has 6 aromatic carbocycles. The molecule has 54 heavy (non-hydrogen) atoms. The largest absolute Gasteiger partial charge is 0.507 e. The van der Waals surface area contributed by atoms with Gasteiger partial charge in [-0.25, -0.2) is 4.98 Å². The quantitative estimate of drug-likeness (QED) is 0.187. The Morgan fingerprint density at radius 3 is 1.94 bits per heavy atom. The maximum atomic E-state index is 11.3. The van der Waals surface area contributed by atoms with Crippen molar-refractivity contribution < 1.29 is 12.0 Å². The summed E-state index contributed by atoms with van der Waals surface area (Å²) in [6, 6.07) is 38.6. The molecule has 2 aromatic heterocycles. The number of fused-ring (bicyclic) bond motifs is 1. The number of hydrogen-bond donors (Lipinski definition) is 1. The molecule has 0 aliphatic carbocycles. The highest BCUT2D eigenvalue weighted by atomic mass is 16.3. The highest BCUT2D eigenvalue weighted by Crippen LogP contribution is 2.41. The van der Waals surface area contributed by atoms with Crippen molar-refractivity contribution in [3.63, 3.8) is 0 Å². The molecular formula is C50H45N3O. The number of pyridine rings is 1. The molecule has 8 aromatic rings. The zero-order valence-corrected chi connectivity index (χ0v) is 31.4. The molecule has 2 heterocycles. The van der Waals surface area contributed by atoms with Gasteiger partial charge in [-0.3, -0.25) is 9.55 Å². The third-order valence-corrected chi connectivity index (χ3v) is 9.99. The first-order valence-electron chi connectivity index (χ1n) is 20.7. The van der Waals surface area contributed by atoms with E-state index in [1.165, 1.54) is 5.56 Å². The average molecular weight is 709 g/mol. The van der Waals surface area contributed by atoms with Crippen LogP contribution in [0.4, 0.5) is 0 Å². The van der Waals surface area contributed by atoms with E-state index in [9.17, 15) is 5.11 Å². The molecule has 0 saturated heterocycles. The van der Waals surface area contributed by atoms with Crippen LogP contribution in [-0.4, -0.2) is 19.6 Å². The van der Waals surface area contributed by atoms with Crippen molar-refractivity contribution in [2.24, 2.45) is 0 Å². The number of aromatic nitrogens is 3. The van der Waals surface area contributed by atoms with Crippen molar-refractivity contribution in [2.75, 3.05) is 0 Å². The van der Waals surface area contributed by atoms with Gasteiger partial charge < -0.3 is 5.11 Å². The fraction of sp³-hybridized carbons (Fsp3) is 0.160. The molecule has 0 aliphatic rings. The van der Waals surface area contributed by atoms with Gasteiger partial charge in [0.05, 0.1) is 34.8 Å². The number of nitrogens with zero attached hydrogens (tertiary/aromatic N) is 3. The summed E-state index contributed by atoms with van der Waals surface area (Å²) in [7, 11) is 0. The van der Waals surface area contributed by atoms with Crippen LogP contribution in [0.5, 0.6) is 5.75 Å². The van der Waals surface area contributed by atoms with E-state index in [4.69, 9.17) is 16.8 Å². The SMILES string of the molecule is [2H]c1c([2H])c([2H])c(-c2ccnc(-c3cc(-c4cccc5c4nc(-c4ccccc4O)n5-c4ccccc4-c4ccc(C(C)(C)C)cc4)cc(C(C)(C)C)c3)c2)c([2H])c1[2H]. The highest BCUT2D eigenvalue weighted by Gasteiger charge is 2.23. The molecule has 0 unspecified atom stereocenters. The Hall–Kier alpha value is -6.26. The predicted octanol–water partition coefficient (Wildman–Crippen LogP) is 13.1. The lowest BCUT2D eigenvalue weighted by Gasteiger charge is -2.22. The number of phenolic OH excluding ortho intramolecular Hbond substituents is 1. The molecule has 0 radical (unpaired) electrons. The molecule has 1 N–H and O–H groups in total. The summed E-state index contributed by atoms with van der Waals surface area (Å²) < 4.78 is 44.0. The van der Waals surface area contributed by atoms with Gasteiger partial charge in [-0.2, -0.15) is 0 Å². The van der Waals surface area contributed by atoms with E-state index in [0.29, 0.717) is 22.6 Å². The fourth-order valence-electron chi connectivity index (χ4n) is 6.98. The Morgan fingerprint density at radius 2 is 1.22 bits per heavy atom. The van der Waals surface area contributed by atoms with Crippen molar-refractivity contribution in [3.8, 4) is 67.5 Å². The van der Waals surface area contributed by atoms with E-state index < -0.39 is 6.04 Å². The van der Waals surface area contributed by atoms with Gasteiger partial charge in [-0.15, -0.1) is 0 Å². The minimum Gasteiger partial charge on any atom is -0.507 e. The van der Waals surface area contributed by atoms with Crippen LogP contribution < -0.4 is 0 Å². The molecule has 0 amide bonds. The molecule has 0 bridgehead atoms. The van der Waals surface area contributed by atoms with Crippen molar-refractivity contribution in [2.45, 2.75) is 52.4 Å². The van der Waals surface area contributed by atoms with Gasteiger partial charge in [0.25, 0.3) is 0 Å². The van der Waals surface area contributed by atoms with Crippen LogP contribution in [0.15, 0.2) is 158 Å². The minimum absolute atomic E-state index is 0.0143. The topological polar surface area (TPSA) is 50.9 Å². The smallest absolute Gasteiger partial charge is 0.149 e. The monoisotopic (exact) mass is 708 g/mol. The number of hydrogen-bond acceptors (Lipinski definition) is 3. The molecule has 4 nitrogen and oxygen atoms in total. The lowest BCUT2D eigenvalue weighted by atomic mass is 9.83. The van der Waals surface area contributed by atoms with Crippen LogP contribution in [0.1, 0.15) is 59.5 Å². The van der Waals surface area contributed by atoms with Crippen LogP contribution in [0, 0.1) is 0 Å². The lowest BCUT2D eigenvalue weighted by Crippen LogP contribution is -2.11. The minimum atomic E-state index is -0.430. The van der Waals surface area contributed by atoms with Crippen LogP contribution in [0.3, 0.4) is 0 Å². The van der Waals surface area contributed by atoms with Crippen molar-refractivity contribution >= 4 is 11.0 Å². The molecule has 0 saturated carbocycles. The Kier molecular flexibility index (Phi) is 7.37. The van der Waals surface area contributed by atoms with Crippen LogP contribution >= 0.6 is 0 Å². The summed E-state index contributed by atoms with van der Waals surface area (Å²) in [6.45, 7) is 13.1. The third-order valence-electron chi connectivity index (χ3n) is 9.99. The van der Waals surface area contributed by atoms with Gasteiger partial charge >= 0.3 is 0 Å². The third kappa shape index (κ3) is 6.60. The first-order chi connectivity index (χ1) is 28.0. The number of benzene rings is 6. The predicted molar refractivity (Wildman–Crippen MR) is 225 cm³/mol. The first-order valence-corrected chi connectivity index (χ1v) is 18.2. The van der Waals surface area contributed by atoms with Crippen molar-refractivity contribution in [1.82, 2.24) is 14.5 Å². The summed E-state index contributed by atoms with van der Waals surface area (Å²) in [5, 5.41) is 11.3. The van der Waals surface area contributed by atoms with Gasteiger partial charge in [0.2, 0.25) is 0 Å². The van der Waals surface area contributed by atoms with E-state index in [1.807, 2.05) is 36.4 Å². The van der Waals surface area contributed by atoms with E-state index in [2.05, 4.69) is 113 Å². The zero-order valence-electron chi connectivity index (χ0n) is 36.4. The van der Waals surface area contributed by atoms with Crippen LogP contribution in [-0.2, 0) is 10.8 Å². The maximum Gasteiger partial charge on any atom is 0.149 e. The average Bonchev–Trinajstić information content (AvgIpc) is 3.61. The van der Waals surface area contributed by atoms with E-state index in [1.54, 1.807) is 24.4 Å². The molecule has 0 aliphatic heterocycles. The highest BCUT2D eigenvalue weighted by molar-refractivity contribution is 5.97. The molecule has 0 atom stereocenters. The van der Waals surface area contributed by atoms with Gasteiger partial charge in [0.15, 0.2) is 0 Å². The number of rotatable bonds is 6. The summed E-state index contributed by atoms with van der Waals surface area (Å²) >= 11 is 0. The van der Waals surface area contributed by atoms with Gasteiger partial charge in [0.1, 0.15) is 11.6 Å². The summed E-state index contributed by atoms with van der Waals surface area (Å²) in [4.78, 5) is 10.1. The van der Waals surface area contributed by atoms with Gasteiger partial charge in [-0.05, 0) is 92.7 Å². The second kappa shape index (κ2) is 13.6. The van der Waals surface area contributed by atoms with Gasteiger partial charge in [-0.1, -0.05) is 145 Å². The van der Waals surface area contributed by atoms with Gasteiger partial charge in [0, 0.05) is 22.9 Å². The Morgan fingerprint density at radius 1 is 0.556 bits per heavy atom. The van der Waals surface area contributed by atoms with E-state index >= 15 is 0 Å². The molecule has 0 fully saturated rings. The summed E-state index contributed by atoms with van der Waals surface area (Å²) in [5.41, 5.74) is 11.1. The molecule has 0 spiro atoms. The second-order valence-electron chi connectivity index (χ2n) is 15.8. The van der Waals surface area contributed by atoms with Crippen LogP contribution in [0.25, 0.3) is 72.7 Å². The van der Waals surface area contributed by atoms with Crippen LogP contribution in [0.2, 0.25) is 0 Å². The van der Waals surface area contributed by atoms with E-state index in [0.717, 1.165) is 50.1 Å². The van der Waals surface area contributed by atoms with Crippen molar-refractivity contribution in [1.29, 1.82) is 0 Å². The molecular weight excluding hydrogens is 659 g/mol. The summed E-state index contributed by atoms with van der Waals surface area (Å²) in [6.07, 6.45) is 1.62. The van der Waals surface area contributed by atoms with E-state index in [-0.39, 0.29) is 46.3 Å². The standard InChI is InChI=1S/C50H45N3O/c1-49(2,3)38-25-23-34(24-26-38)40-17-10-12-20-44(40)53-45-21-14-19-41(47(45)52-48(53)42-18-11-13-22-46(42)54)36-29-37(31-39(30-36)50(4,5)6)43-32-35(27-28-51-43)33-15-8-7-9-16-33/h7-32,54H,1-6H3/i7D,8D,9D,15D,16D. The van der Waals surface area contributed by atoms with Crippen molar-refractivity contribution in [3.05, 3.63) is 169 Å². The lowest BCUT2D eigenvalue weighted by molar-refractivity contribution is 0.477. The number of phenols is 1. The Bertz CT molecular complexity index is 2890. The Labute approximate surface area is 325 Å². The normalized spacial score (nSPS) is 13.3. The first kappa shape index (κ1) is 29.2. The molecule has 8 rings (SSSR count). The number of para-hydroxylation sites is 3. The fourth-order valence-corrected chi connectivity index (χ4v) is 6.98. The zero-order chi connectivity index (χ0) is 42.0. The Balaban J connectivity index is 1.35.